The van der Waals surface area contributed by atoms with Gasteiger partial charge in [-0.2, -0.15) is 0 Å². The number of hydrogen-bond acceptors (Lipinski definition) is 2. The van der Waals surface area contributed by atoms with Crippen LogP contribution in [0.25, 0.3) is 0 Å². The maximum Gasteiger partial charge on any atom is 0.573 e. The number of carbonyl (C=O) groups excluding carboxylic acids is 1. The number of alkyl halides is 5. The molecule has 1 aromatic carbocycles. The Bertz CT molecular complexity index is 435. The van der Waals surface area contributed by atoms with E-state index in [0.29, 0.717) is 10.9 Å². The van der Waals surface area contributed by atoms with Gasteiger partial charge in [-0.3, -0.25) is 4.79 Å². The fraction of sp³-hybridized carbons (Fsp3) is 0.364. The van der Waals surface area contributed by atoms with E-state index in [0.717, 1.165) is 0 Å². The fourth-order valence-electron chi connectivity index (χ4n) is 1.31. The van der Waals surface area contributed by atoms with Gasteiger partial charge in [0.2, 0.25) is 0 Å². The highest BCUT2D eigenvalue weighted by atomic mass is 79.9. The Labute approximate surface area is 115 Å². The molecular formula is C11H9BrClF3O2. The molecule has 2 nitrogen and oxygen atoms in total. The molecule has 0 aliphatic heterocycles. The molecule has 0 aliphatic carbocycles. The highest BCUT2D eigenvalue weighted by Crippen LogP contribution is 2.28. The topological polar surface area (TPSA) is 26.3 Å². The Morgan fingerprint density at radius 3 is 2.56 bits per heavy atom. The normalized spacial score (nSPS) is 11.4. The molecule has 100 valence electrons. The Morgan fingerprint density at radius 1 is 1.39 bits per heavy atom. The standard InChI is InChI=1S/C11H9BrClF3O2/c12-5-7-1-2-8(4-9(17)6-13)10(3-7)18-11(14,15)16/h1-3H,4-6H2. The molecule has 0 atom stereocenters. The van der Waals surface area contributed by atoms with Crippen molar-refractivity contribution in [3.05, 3.63) is 29.3 Å². The van der Waals surface area contributed by atoms with E-state index in [2.05, 4.69) is 20.7 Å². The Balaban J connectivity index is 3.04. The van der Waals surface area contributed by atoms with Crippen LogP contribution < -0.4 is 4.74 Å². The minimum absolute atomic E-state index is 0.169. The summed E-state index contributed by atoms with van der Waals surface area (Å²) in [5.74, 6) is -0.973. The third kappa shape index (κ3) is 4.86. The van der Waals surface area contributed by atoms with E-state index in [4.69, 9.17) is 11.6 Å². The second-order valence-corrected chi connectivity index (χ2v) is 4.30. The van der Waals surface area contributed by atoms with Crippen LogP contribution >= 0.6 is 27.5 Å². The quantitative estimate of drug-likeness (QED) is 0.758. The molecule has 1 aromatic rings. The average molecular weight is 346 g/mol. The van der Waals surface area contributed by atoms with Crippen molar-refractivity contribution >= 4 is 33.3 Å². The number of ether oxygens (including phenoxy) is 1. The lowest BCUT2D eigenvalue weighted by Gasteiger charge is -2.13. The van der Waals surface area contributed by atoms with Crippen molar-refractivity contribution in [1.29, 1.82) is 0 Å². The van der Waals surface area contributed by atoms with Gasteiger partial charge in [-0.05, 0) is 11.6 Å². The van der Waals surface area contributed by atoms with Gasteiger partial charge in [-0.25, -0.2) is 0 Å². The van der Waals surface area contributed by atoms with Gasteiger partial charge in [0, 0.05) is 17.3 Å². The molecule has 0 aliphatic rings. The lowest BCUT2D eigenvalue weighted by Crippen LogP contribution is -2.19. The van der Waals surface area contributed by atoms with Crippen molar-refractivity contribution in [1.82, 2.24) is 0 Å². The number of benzene rings is 1. The van der Waals surface area contributed by atoms with Crippen LogP contribution in [0.3, 0.4) is 0 Å². The lowest BCUT2D eigenvalue weighted by atomic mass is 10.1. The highest BCUT2D eigenvalue weighted by molar-refractivity contribution is 9.08. The Morgan fingerprint density at radius 2 is 2.06 bits per heavy atom. The van der Waals surface area contributed by atoms with Gasteiger partial charge in [0.25, 0.3) is 0 Å². The molecule has 0 N–H and O–H groups in total. The minimum atomic E-state index is -4.79. The number of halogens is 5. The third-order valence-electron chi connectivity index (χ3n) is 2.05. The van der Waals surface area contributed by atoms with Crippen molar-refractivity contribution in [2.24, 2.45) is 0 Å². The molecular weight excluding hydrogens is 336 g/mol. The van der Waals surface area contributed by atoms with Crippen molar-refractivity contribution in [2.45, 2.75) is 18.1 Å². The van der Waals surface area contributed by atoms with E-state index in [9.17, 15) is 18.0 Å². The van der Waals surface area contributed by atoms with Gasteiger partial charge in [0.1, 0.15) is 5.75 Å². The molecule has 0 unspecified atom stereocenters. The van der Waals surface area contributed by atoms with Gasteiger partial charge in [0.05, 0.1) is 5.88 Å². The predicted octanol–water partition coefficient (Wildman–Crippen LogP) is 3.83. The van der Waals surface area contributed by atoms with Crippen molar-refractivity contribution in [3.63, 3.8) is 0 Å². The molecule has 0 saturated heterocycles. The first kappa shape index (κ1) is 15.3. The van der Waals surface area contributed by atoms with E-state index in [1.165, 1.54) is 12.1 Å². The van der Waals surface area contributed by atoms with Crippen LogP contribution in [0.1, 0.15) is 11.1 Å². The first-order valence-electron chi connectivity index (χ1n) is 4.87. The molecule has 0 saturated carbocycles. The molecule has 0 radical (unpaired) electrons. The number of rotatable bonds is 5. The van der Waals surface area contributed by atoms with E-state index in [-0.39, 0.29) is 29.4 Å². The van der Waals surface area contributed by atoms with Crippen LogP contribution in [0.4, 0.5) is 13.2 Å². The lowest BCUT2D eigenvalue weighted by molar-refractivity contribution is -0.274. The third-order valence-corrected chi connectivity index (χ3v) is 2.99. The monoisotopic (exact) mass is 344 g/mol. The van der Waals surface area contributed by atoms with Gasteiger partial charge in [-0.1, -0.05) is 28.1 Å². The maximum absolute atomic E-state index is 12.2. The molecule has 0 bridgehead atoms. The Hall–Kier alpha value is -0.750. The van der Waals surface area contributed by atoms with Gasteiger partial charge in [-0.15, -0.1) is 24.8 Å². The summed E-state index contributed by atoms with van der Waals surface area (Å²) in [6.45, 7) is 0. The smallest absolute Gasteiger partial charge is 0.405 e. The summed E-state index contributed by atoms with van der Waals surface area (Å²) in [5, 5.41) is 0.394. The van der Waals surface area contributed by atoms with Crippen molar-refractivity contribution < 1.29 is 22.7 Å². The van der Waals surface area contributed by atoms with Crippen LogP contribution in [-0.4, -0.2) is 18.0 Å². The molecule has 0 fully saturated rings. The molecule has 0 heterocycles. The van der Waals surface area contributed by atoms with E-state index < -0.39 is 6.36 Å². The molecule has 7 heteroatoms. The number of hydrogen-bond donors (Lipinski definition) is 0. The second-order valence-electron chi connectivity index (χ2n) is 3.47. The zero-order valence-corrected chi connectivity index (χ0v) is 11.4. The zero-order valence-electron chi connectivity index (χ0n) is 9.06. The Kier molecular flexibility index (Phi) is 5.47. The largest absolute Gasteiger partial charge is 0.573 e. The summed E-state index contributed by atoms with van der Waals surface area (Å²) in [4.78, 5) is 11.2. The van der Waals surface area contributed by atoms with E-state index in [1.54, 1.807) is 6.07 Å². The van der Waals surface area contributed by atoms with Gasteiger partial charge >= 0.3 is 6.36 Å². The van der Waals surface area contributed by atoms with E-state index >= 15 is 0 Å². The average Bonchev–Trinajstić information content (AvgIpc) is 2.29. The van der Waals surface area contributed by atoms with Crippen LogP contribution in [-0.2, 0) is 16.5 Å². The van der Waals surface area contributed by atoms with Crippen LogP contribution in [0.15, 0.2) is 18.2 Å². The number of ketones is 1. The first-order valence-corrected chi connectivity index (χ1v) is 6.52. The summed E-state index contributed by atoms with van der Waals surface area (Å²) in [7, 11) is 0. The predicted molar refractivity (Wildman–Crippen MR) is 65.2 cm³/mol. The molecule has 0 amide bonds. The summed E-state index contributed by atoms with van der Waals surface area (Å²) in [6.07, 6.45) is -4.97. The minimum Gasteiger partial charge on any atom is -0.405 e. The van der Waals surface area contributed by atoms with Crippen molar-refractivity contribution in [2.75, 3.05) is 5.88 Å². The number of carbonyl (C=O) groups is 1. The molecule has 18 heavy (non-hydrogen) atoms. The SMILES string of the molecule is O=C(CCl)Cc1ccc(CBr)cc1OC(F)(F)F. The van der Waals surface area contributed by atoms with Crippen molar-refractivity contribution in [3.8, 4) is 5.75 Å². The molecule has 0 spiro atoms. The summed E-state index contributed by atoms with van der Waals surface area (Å²) < 4.78 is 40.6. The van der Waals surface area contributed by atoms with Crippen LogP contribution in [0.2, 0.25) is 0 Å². The fourth-order valence-corrected chi connectivity index (χ4v) is 1.75. The van der Waals surface area contributed by atoms with E-state index in [1.807, 2.05) is 0 Å². The second kappa shape index (κ2) is 6.43. The molecule has 1 rings (SSSR count). The van der Waals surface area contributed by atoms with Crippen LogP contribution in [0, 0.1) is 0 Å². The molecule has 0 aromatic heterocycles. The first-order chi connectivity index (χ1) is 8.35. The number of Topliss-reactive ketones (excluding diaryl/α,β-unsaturated/α-hetero) is 1. The summed E-state index contributed by atoms with van der Waals surface area (Å²) in [6, 6.07) is 4.30. The van der Waals surface area contributed by atoms with Gasteiger partial charge in [0.15, 0.2) is 5.78 Å². The van der Waals surface area contributed by atoms with Crippen LogP contribution in [0.5, 0.6) is 5.75 Å². The summed E-state index contributed by atoms with van der Waals surface area (Å²) >= 11 is 8.46. The maximum atomic E-state index is 12.2. The highest BCUT2D eigenvalue weighted by Gasteiger charge is 2.32. The van der Waals surface area contributed by atoms with Gasteiger partial charge < -0.3 is 4.74 Å². The summed E-state index contributed by atoms with van der Waals surface area (Å²) in [5.41, 5.74) is 0.791. The zero-order chi connectivity index (χ0) is 13.8.